The van der Waals surface area contributed by atoms with Crippen molar-refractivity contribution in [3.8, 4) is 5.88 Å². The number of hydrogen-bond acceptors (Lipinski definition) is 4. The summed E-state index contributed by atoms with van der Waals surface area (Å²) in [7, 11) is 1.61. The fourth-order valence-electron chi connectivity index (χ4n) is 3.73. The summed E-state index contributed by atoms with van der Waals surface area (Å²) in [5.74, 6) is 0.596. The maximum atomic E-state index is 5.10. The molecule has 0 atom stereocenters. The molecule has 0 saturated heterocycles. The molecule has 0 aliphatic carbocycles. The molecule has 0 amide bonds. The molecular weight excluding hydrogens is 334 g/mol. The van der Waals surface area contributed by atoms with E-state index in [1.54, 1.807) is 13.3 Å². The van der Waals surface area contributed by atoms with Crippen molar-refractivity contribution < 1.29 is 4.74 Å². The topological polar surface area (TPSA) is 37.7 Å². The molecule has 1 aromatic carbocycles. The van der Waals surface area contributed by atoms with E-state index in [4.69, 9.17) is 4.74 Å². The number of hydrogen-bond donors (Lipinski definition) is 0. The minimum atomic E-state index is 0.0317. The van der Waals surface area contributed by atoms with E-state index in [9.17, 15) is 0 Å². The molecule has 0 saturated carbocycles. The second kappa shape index (κ2) is 7.55. The normalized spacial score (nSPS) is 15.6. The van der Waals surface area contributed by atoms with E-state index >= 15 is 0 Å². The highest BCUT2D eigenvalue weighted by Gasteiger charge is 2.30. The number of methoxy groups -OCH3 is 1. The monoisotopic (exact) mass is 363 g/mol. The van der Waals surface area contributed by atoms with Gasteiger partial charge >= 0.3 is 0 Å². The highest BCUT2D eigenvalue weighted by atomic mass is 16.5. The van der Waals surface area contributed by atoms with E-state index in [1.165, 1.54) is 22.4 Å². The van der Waals surface area contributed by atoms with Gasteiger partial charge in [-0.15, -0.1) is 0 Å². The van der Waals surface area contributed by atoms with Crippen molar-refractivity contribution in [2.75, 3.05) is 18.6 Å². The van der Waals surface area contributed by atoms with Gasteiger partial charge in [0.25, 0.3) is 0 Å². The first kappa shape index (κ1) is 19.2. The van der Waals surface area contributed by atoms with E-state index in [0.717, 1.165) is 24.2 Å². The zero-order valence-electron chi connectivity index (χ0n) is 17.2. The minimum absolute atomic E-state index is 0.0317. The summed E-state index contributed by atoms with van der Waals surface area (Å²) in [5.41, 5.74) is 7.14. The number of benzene rings is 1. The lowest BCUT2D eigenvalue weighted by molar-refractivity contribution is 0.398. The molecule has 27 heavy (non-hydrogen) atoms. The molecule has 0 unspecified atom stereocenters. The Kier molecular flexibility index (Phi) is 5.36. The van der Waals surface area contributed by atoms with Gasteiger partial charge in [0, 0.05) is 30.1 Å². The molecule has 2 heterocycles. The van der Waals surface area contributed by atoms with Crippen LogP contribution in [0.5, 0.6) is 5.88 Å². The van der Waals surface area contributed by atoms with E-state index in [1.807, 2.05) is 18.3 Å². The average Bonchev–Trinajstić information content (AvgIpc) is 2.64. The van der Waals surface area contributed by atoms with E-state index < -0.39 is 0 Å². The van der Waals surface area contributed by atoms with Gasteiger partial charge in [0.2, 0.25) is 5.88 Å². The first-order chi connectivity index (χ1) is 12.9. The number of anilines is 1. The van der Waals surface area contributed by atoms with Crippen LogP contribution in [0.2, 0.25) is 0 Å². The van der Waals surface area contributed by atoms with Gasteiger partial charge in [0.15, 0.2) is 0 Å². The molecular formula is C23H29N3O. The molecule has 3 rings (SSSR count). The van der Waals surface area contributed by atoms with E-state index in [-0.39, 0.29) is 5.54 Å². The number of nitrogens with zero attached hydrogens (tertiary/aromatic N) is 3. The number of ether oxygens (including phenoxy) is 1. The third-order valence-corrected chi connectivity index (χ3v) is 5.10. The van der Waals surface area contributed by atoms with Crippen LogP contribution in [0.1, 0.15) is 50.8 Å². The van der Waals surface area contributed by atoms with Gasteiger partial charge in [0.05, 0.1) is 24.5 Å². The van der Waals surface area contributed by atoms with Gasteiger partial charge in [-0.3, -0.25) is 4.99 Å². The van der Waals surface area contributed by atoms with Crippen molar-refractivity contribution in [1.29, 1.82) is 0 Å². The Balaban J connectivity index is 1.97. The molecule has 2 aromatic rings. The fraction of sp³-hybridized carbons (Fsp3) is 0.391. The van der Waals surface area contributed by atoms with Crippen molar-refractivity contribution in [1.82, 2.24) is 4.98 Å². The third kappa shape index (κ3) is 3.90. The third-order valence-electron chi connectivity index (χ3n) is 5.10. The number of pyridine rings is 1. The molecule has 0 radical (unpaired) electrons. The Bertz CT molecular complexity index is 879. The number of aliphatic imine (C=N–C) groups is 1. The summed E-state index contributed by atoms with van der Waals surface area (Å²) in [5, 5.41) is 0. The fourth-order valence-corrected chi connectivity index (χ4v) is 3.73. The maximum Gasteiger partial charge on any atom is 0.213 e. The Morgan fingerprint density at radius 3 is 2.63 bits per heavy atom. The minimum Gasteiger partial charge on any atom is -0.481 e. The number of rotatable bonds is 5. The first-order valence-electron chi connectivity index (χ1n) is 9.52. The standard InChI is InChI=1S/C23H29N3O/c1-7-10-26-21-11-16(2)18(12-20(21)17(3)13-23(26,4)5)14-24-19-8-9-22(27-6)25-15-19/h8-9,11-15H,7,10H2,1-6H3. The maximum absolute atomic E-state index is 5.10. The molecule has 4 heteroatoms. The van der Waals surface area contributed by atoms with Crippen molar-refractivity contribution in [2.45, 2.75) is 46.6 Å². The van der Waals surface area contributed by atoms with Gasteiger partial charge in [0.1, 0.15) is 0 Å². The lowest BCUT2D eigenvalue weighted by Crippen LogP contribution is -2.45. The molecule has 0 N–H and O–H groups in total. The molecule has 0 spiro atoms. The second-order valence-corrected chi connectivity index (χ2v) is 7.68. The predicted octanol–water partition coefficient (Wildman–Crippen LogP) is 5.56. The molecule has 0 fully saturated rings. The van der Waals surface area contributed by atoms with Gasteiger partial charge in [-0.1, -0.05) is 13.0 Å². The molecule has 1 aliphatic heterocycles. The van der Waals surface area contributed by atoms with Crippen LogP contribution in [0.25, 0.3) is 5.57 Å². The van der Waals surface area contributed by atoms with Gasteiger partial charge in [-0.2, -0.15) is 0 Å². The number of aromatic nitrogens is 1. The Morgan fingerprint density at radius 1 is 1.22 bits per heavy atom. The lowest BCUT2D eigenvalue weighted by Gasteiger charge is -2.43. The second-order valence-electron chi connectivity index (χ2n) is 7.68. The Morgan fingerprint density at radius 2 is 2.00 bits per heavy atom. The largest absolute Gasteiger partial charge is 0.481 e. The molecule has 142 valence electrons. The summed E-state index contributed by atoms with van der Waals surface area (Å²) < 4.78 is 5.10. The summed E-state index contributed by atoms with van der Waals surface area (Å²) in [4.78, 5) is 11.3. The van der Waals surface area contributed by atoms with Crippen molar-refractivity contribution in [3.05, 3.63) is 53.2 Å². The zero-order chi connectivity index (χ0) is 19.6. The van der Waals surface area contributed by atoms with Crippen LogP contribution in [0.4, 0.5) is 11.4 Å². The van der Waals surface area contributed by atoms with Crippen LogP contribution in [0.15, 0.2) is 41.5 Å². The van der Waals surface area contributed by atoms with Crippen LogP contribution in [0.3, 0.4) is 0 Å². The molecule has 4 nitrogen and oxygen atoms in total. The Labute approximate surface area is 162 Å². The first-order valence-corrected chi connectivity index (χ1v) is 9.52. The summed E-state index contributed by atoms with van der Waals surface area (Å²) in [6, 6.07) is 8.29. The van der Waals surface area contributed by atoms with Crippen LogP contribution >= 0.6 is 0 Å². The SMILES string of the molecule is CCCN1c2cc(C)c(C=Nc3ccc(OC)nc3)cc2C(C)=CC1(C)C. The number of aryl methyl sites for hydroxylation is 1. The Hall–Kier alpha value is -2.62. The van der Waals surface area contributed by atoms with Crippen molar-refractivity contribution in [3.63, 3.8) is 0 Å². The lowest BCUT2D eigenvalue weighted by atomic mass is 9.87. The summed E-state index contributed by atoms with van der Waals surface area (Å²) >= 11 is 0. The van der Waals surface area contributed by atoms with Crippen LogP contribution < -0.4 is 9.64 Å². The predicted molar refractivity (Wildman–Crippen MR) is 115 cm³/mol. The molecule has 1 aliphatic rings. The highest BCUT2D eigenvalue weighted by molar-refractivity contribution is 5.90. The smallest absolute Gasteiger partial charge is 0.213 e. The van der Waals surface area contributed by atoms with Crippen LogP contribution in [-0.4, -0.2) is 30.4 Å². The van der Waals surface area contributed by atoms with Gasteiger partial charge < -0.3 is 9.64 Å². The van der Waals surface area contributed by atoms with Crippen molar-refractivity contribution in [2.24, 2.45) is 4.99 Å². The van der Waals surface area contributed by atoms with E-state index in [2.05, 4.69) is 67.7 Å². The van der Waals surface area contributed by atoms with Gasteiger partial charge in [-0.05, 0) is 69.0 Å². The zero-order valence-corrected chi connectivity index (χ0v) is 17.2. The summed E-state index contributed by atoms with van der Waals surface area (Å²) in [6.07, 6.45) is 7.15. The van der Waals surface area contributed by atoms with Crippen LogP contribution in [-0.2, 0) is 0 Å². The molecule has 0 bridgehead atoms. The quantitative estimate of drug-likeness (QED) is 0.653. The number of fused-ring (bicyclic) bond motifs is 1. The summed E-state index contributed by atoms with van der Waals surface area (Å²) in [6.45, 7) is 12.2. The van der Waals surface area contributed by atoms with Crippen LogP contribution in [0, 0.1) is 6.92 Å². The highest BCUT2D eigenvalue weighted by Crippen LogP contribution is 2.40. The van der Waals surface area contributed by atoms with E-state index in [0.29, 0.717) is 5.88 Å². The van der Waals surface area contributed by atoms with Crippen molar-refractivity contribution >= 4 is 23.2 Å². The van der Waals surface area contributed by atoms with Gasteiger partial charge in [-0.25, -0.2) is 4.98 Å². The molecule has 1 aromatic heterocycles. The number of allylic oxidation sites excluding steroid dienone is 1. The average molecular weight is 364 g/mol.